The van der Waals surface area contributed by atoms with Crippen molar-refractivity contribution in [3.8, 4) is 0 Å². The van der Waals surface area contributed by atoms with Crippen LogP contribution in [-0.4, -0.2) is 50.5 Å². The number of hydrogen-bond donors (Lipinski definition) is 1. The third-order valence-corrected chi connectivity index (χ3v) is 7.27. The van der Waals surface area contributed by atoms with Crippen LogP contribution in [0.4, 0.5) is 5.69 Å². The van der Waals surface area contributed by atoms with E-state index in [0.717, 1.165) is 40.1 Å². The highest BCUT2D eigenvalue weighted by Crippen LogP contribution is 2.26. The molecule has 7 nitrogen and oxygen atoms in total. The second-order valence-electron chi connectivity index (χ2n) is 10.4. The molecule has 0 aliphatic carbocycles. The van der Waals surface area contributed by atoms with Crippen LogP contribution in [0.1, 0.15) is 64.2 Å². The van der Waals surface area contributed by atoms with Crippen LogP contribution < -0.4 is 9.62 Å². The minimum atomic E-state index is -3.75. The lowest BCUT2D eigenvalue weighted by Gasteiger charge is -2.31. The van der Waals surface area contributed by atoms with Gasteiger partial charge in [0.1, 0.15) is 12.6 Å². The van der Waals surface area contributed by atoms with E-state index >= 15 is 0 Å². The van der Waals surface area contributed by atoms with Crippen LogP contribution in [0.3, 0.4) is 0 Å². The molecule has 0 heterocycles. The maximum Gasteiger partial charge on any atom is 0.244 e. The monoisotopic (exact) mass is 515 g/mol. The Hall–Kier alpha value is -2.87. The molecule has 2 amide bonds. The summed E-state index contributed by atoms with van der Waals surface area (Å²) in [5.41, 5.74) is 3.29. The van der Waals surface area contributed by atoms with E-state index in [4.69, 9.17) is 0 Å². The first-order valence-electron chi connectivity index (χ1n) is 12.4. The lowest BCUT2D eigenvalue weighted by atomic mass is 9.87. The third-order valence-electron chi connectivity index (χ3n) is 6.13. The van der Waals surface area contributed by atoms with E-state index in [9.17, 15) is 18.0 Å². The van der Waals surface area contributed by atoms with Crippen molar-refractivity contribution in [1.29, 1.82) is 0 Å². The van der Waals surface area contributed by atoms with E-state index in [1.54, 1.807) is 19.1 Å². The van der Waals surface area contributed by atoms with Crippen molar-refractivity contribution in [2.75, 3.05) is 23.7 Å². The van der Waals surface area contributed by atoms with Gasteiger partial charge in [-0.3, -0.25) is 13.9 Å². The van der Waals surface area contributed by atoms with E-state index in [2.05, 4.69) is 26.1 Å². The highest BCUT2D eigenvalue weighted by Gasteiger charge is 2.30. The molecule has 36 heavy (non-hydrogen) atoms. The predicted molar refractivity (Wildman–Crippen MR) is 146 cm³/mol. The number of nitrogens with zero attached hydrogens (tertiary/aromatic N) is 2. The van der Waals surface area contributed by atoms with Crippen molar-refractivity contribution >= 4 is 27.5 Å². The Morgan fingerprint density at radius 1 is 1.06 bits per heavy atom. The molecular weight excluding hydrogens is 474 g/mol. The Kier molecular flexibility index (Phi) is 10.1. The minimum Gasteiger partial charge on any atom is -0.354 e. The summed E-state index contributed by atoms with van der Waals surface area (Å²) < 4.78 is 26.6. The lowest BCUT2D eigenvalue weighted by Crippen LogP contribution is -2.51. The van der Waals surface area contributed by atoms with Crippen molar-refractivity contribution in [3.63, 3.8) is 0 Å². The SMILES string of the molecule is CCCCNC(=O)[C@H](C)N(Cc1cccc(C)c1)C(=O)CN(c1ccc(C(C)(C)C)cc1)S(C)(=O)=O. The number of rotatable bonds is 11. The van der Waals surface area contributed by atoms with Gasteiger partial charge in [-0.1, -0.05) is 76.1 Å². The molecule has 2 aromatic rings. The van der Waals surface area contributed by atoms with Crippen LogP contribution in [-0.2, 0) is 31.6 Å². The molecule has 2 rings (SSSR count). The second kappa shape index (κ2) is 12.4. The molecule has 2 aromatic carbocycles. The quantitative estimate of drug-likeness (QED) is 0.450. The van der Waals surface area contributed by atoms with Gasteiger partial charge in [-0.2, -0.15) is 0 Å². The first-order valence-corrected chi connectivity index (χ1v) is 14.3. The zero-order chi connectivity index (χ0) is 27.1. The predicted octanol–water partition coefficient (Wildman–Crippen LogP) is 4.39. The molecule has 1 atom stereocenters. The number of nitrogens with one attached hydrogen (secondary N) is 1. The molecule has 1 N–H and O–H groups in total. The maximum atomic E-state index is 13.6. The molecule has 0 aromatic heterocycles. The van der Waals surface area contributed by atoms with E-state index in [-0.39, 0.29) is 17.9 Å². The number of sulfonamides is 1. The summed E-state index contributed by atoms with van der Waals surface area (Å²) in [5.74, 6) is -0.704. The van der Waals surface area contributed by atoms with Gasteiger partial charge in [-0.05, 0) is 48.9 Å². The number of benzene rings is 2. The van der Waals surface area contributed by atoms with Gasteiger partial charge < -0.3 is 10.2 Å². The van der Waals surface area contributed by atoms with Gasteiger partial charge in [0.05, 0.1) is 11.9 Å². The molecule has 0 unspecified atom stereocenters. The van der Waals surface area contributed by atoms with Crippen LogP contribution in [0.5, 0.6) is 0 Å². The van der Waals surface area contributed by atoms with Crippen LogP contribution in [0, 0.1) is 6.92 Å². The van der Waals surface area contributed by atoms with Crippen LogP contribution in [0.2, 0.25) is 0 Å². The van der Waals surface area contributed by atoms with Gasteiger partial charge in [0, 0.05) is 13.1 Å². The second-order valence-corrected chi connectivity index (χ2v) is 12.3. The third kappa shape index (κ3) is 8.36. The summed E-state index contributed by atoms with van der Waals surface area (Å²) >= 11 is 0. The summed E-state index contributed by atoms with van der Waals surface area (Å²) in [6.07, 6.45) is 2.87. The summed E-state index contributed by atoms with van der Waals surface area (Å²) in [5, 5.41) is 2.89. The number of amides is 2. The smallest absolute Gasteiger partial charge is 0.244 e. The molecular formula is C28H41N3O4S. The Balaban J connectivity index is 2.36. The molecule has 0 aliphatic heterocycles. The standard InChI is InChI=1S/C28H41N3O4S/c1-8-9-17-29-27(33)22(3)30(19-23-12-10-11-21(2)18-23)26(32)20-31(36(7,34)35)25-15-13-24(14-16-25)28(4,5)6/h10-16,18,22H,8-9,17,19-20H2,1-7H3,(H,29,33)/t22-/m0/s1. The first kappa shape index (κ1) is 29.4. The molecule has 8 heteroatoms. The lowest BCUT2D eigenvalue weighted by molar-refractivity contribution is -0.139. The Morgan fingerprint density at radius 3 is 2.22 bits per heavy atom. The molecule has 0 spiro atoms. The minimum absolute atomic E-state index is 0.0878. The molecule has 0 aliphatic rings. The van der Waals surface area contributed by atoms with E-state index in [1.165, 1.54) is 4.90 Å². The van der Waals surface area contributed by atoms with Gasteiger partial charge in [0.2, 0.25) is 21.8 Å². The van der Waals surface area contributed by atoms with Crippen molar-refractivity contribution in [3.05, 3.63) is 65.2 Å². The van der Waals surface area contributed by atoms with Crippen molar-refractivity contribution < 1.29 is 18.0 Å². The number of carbonyl (C=O) groups is 2. The molecule has 0 saturated heterocycles. The van der Waals surface area contributed by atoms with E-state index in [1.807, 2.05) is 50.2 Å². The average molecular weight is 516 g/mol. The summed E-state index contributed by atoms with van der Waals surface area (Å²) in [6.45, 7) is 12.2. The van der Waals surface area contributed by atoms with Gasteiger partial charge in [0.15, 0.2) is 0 Å². The van der Waals surface area contributed by atoms with E-state index < -0.39 is 28.5 Å². The molecule has 0 saturated carbocycles. The Morgan fingerprint density at radius 2 is 1.69 bits per heavy atom. The number of anilines is 1. The van der Waals surface area contributed by atoms with Gasteiger partial charge in [0.25, 0.3) is 0 Å². The molecule has 0 bridgehead atoms. The molecule has 0 radical (unpaired) electrons. The fraction of sp³-hybridized carbons (Fsp3) is 0.500. The molecule has 198 valence electrons. The summed E-state index contributed by atoms with van der Waals surface area (Å²) in [7, 11) is -3.75. The average Bonchev–Trinajstić information content (AvgIpc) is 2.79. The van der Waals surface area contributed by atoms with Crippen molar-refractivity contribution in [2.45, 2.75) is 72.4 Å². The van der Waals surface area contributed by atoms with Gasteiger partial charge in [-0.25, -0.2) is 8.42 Å². The molecule has 0 fully saturated rings. The highest BCUT2D eigenvalue weighted by molar-refractivity contribution is 7.92. The van der Waals surface area contributed by atoms with Crippen LogP contribution in [0.25, 0.3) is 0 Å². The van der Waals surface area contributed by atoms with Crippen molar-refractivity contribution in [2.24, 2.45) is 0 Å². The number of aryl methyl sites for hydroxylation is 1. The van der Waals surface area contributed by atoms with Crippen LogP contribution in [0.15, 0.2) is 48.5 Å². The van der Waals surface area contributed by atoms with Crippen molar-refractivity contribution in [1.82, 2.24) is 10.2 Å². The van der Waals surface area contributed by atoms with Crippen LogP contribution >= 0.6 is 0 Å². The Bertz CT molecular complexity index is 1140. The number of carbonyl (C=O) groups excluding carboxylic acids is 2. The summed E-state index contributed by atoms with van der Waals surface area (Å²) in [4.78, 5) is 27.9. The summed E-state index contributed by atoms with van der Waals surface area (Å²) in [6, 6.07) is 14.2. The fourth-order valence-corrected chi connectivity index (χ4v) is 4.72. The largest absolute Gasteiger partial charge is 0.354 e. The first-order chi connectivity index (χ1) is 16.7. The number of unbranched alkanes of at least 4 members (excludes halogenated alkanes) is 1. The number of hydrogen-bond acceptors (Lipinski definition) is 4. The van der Waals surface area contributed by atoms with Gasteiger partial charge in [-0.15, -0.1) is 0 Å². The fourth-order valence-electron chi connectivity index (χ4n) is 3.87. The maximum absolute atomic E-state index is 13.6. The Labute approximate surface area is 216 Å². The van der Waals surface area contributed by atoms with Gasteiger partial charge >= 0.3 is 0 Å². The topological polar surface area (TPSA) is 86.8 Å². The highest BCUT2D eigenvalue weighted by atomic mass is 32.2. The van der Waals surface area contributed by atoms with E-state index in [0.29, 0.717) is 12.2 Å². The normalized spacial score (nSPS) is 12.6. The zero-order valence-corrected chi connectivity index (χ0v) is 23.5. The zero-order valence-electron chi connectivity index (χ0n) is 22.7.